The Kier molecular flexibility index (Phi) is 7.88. The highest BCUT2D eigenvalue weighted by molar-refractivity contribution is 7.98. The van der Waals surface area contributed by atoms with Crippen LogP contribution in [-0.4, -0.2) is 35.4 Å². The summed E-state index contributed by atoms with van der Waals surface area (Å²) in [5.74, 6) is 3.72. The molecule has 0 aliphatic rings. The number of fused-ring (bicyclic) bond motifs is 1. The van der Waals surface area contributed by atoms with Crippen LogP contribution in [0, 0.1) is 6.92 Å². The average molecular weight is 544 g/mol. The van der Waals surface area contributed by atoms with E-state index in [1.807, 2.05) is 80.6 Å². The number of hydrogen-bond donors (Lipinski definition) is 0. The van der Waals surface area contributed by atoms with Crippen molar-refractivity contribution < 1.29 is 18.6 Å². The van der Waals surface area contributed by atoms with Gasteiger partial charge in [-0.15, -0.1) is 0 Å². The van der Waals surface area contributed by atoms with E-state index >= 15 is 0 Å². The summed E-state index contributed by atoms with van der Waals surface area (Å²) in [7, 11) is 3.23. The van der Waals surface area contributed by atoms with Gasteiger partial charge in [0.2, 0.25) is 5.89 Å². The smallest absolute Gasteiger partial charge is 0.262 e. The fourth-order valence-corrected chi connectivity index (χ4v) is 5.20. The molecule has 0 aliphatic carbocycles. The molecule has 2 heterocycles. The molecule has 0 unspecified atom stereocenters. The zero-order valence-corrected chi connectivity index (χ0v) is 23.1. The molecule has 9 heteroatoms. The second-order valence-electron chi connectivity index (χ2n) is 8.76. The van der Waals surface area contributed by atoms with Gasteiger partial charge in [0.05, 0.1) is 44.0 Å². The van der Waals surface area contributed by atoms with Crippen LogP contribution in [-0.2, 0) is 12.3 Å². The van der Waals surface area contributed by atoms with E-state index in [9.17, 15) is 4.79 Å². The molecule has 0 radical (unpaired) electrons. The van der Waals surface area contributed by atoms with Crippen molar-refractivity contribution in [2.75, 3.05) is 20.8 Å². The molecule has 0 atom stereocenters. The highest BCUT2D eigenvalue weighted by atomic mass is 32.2. The second kappa shape index (κ2) is 11.7. The Morgan fingerprint density at radius 2 is 1.74 bits per heavy atom. The van der Waals surface area contributed by atoms with Crippen LogP contribution in [0.1, 0.15) is 23.9 Å². The van der Waals surface area contributed by atoms with Crippen molar-refractivity contribution in [2.24, 2.45) is 0 Å². The fraction of sp³-hybridized carbons (Fsp3) is 0.233. The summed E-state index contributed by atoms with van der Waals surface area (Å²) in [4.78, 5) is 23.1. The van der Waals surface area contributed by atoms with Gasteiger partial charge in [-0.05, 0) is 61.9 Å². The van der Waals surface area contributed by atoms with Gasteiger partial charge in [0.1, 0.15) is 11.5 Å². The summed E-state index contributed by atoms with van der Waals surface area (Å²) in [6.07, 6.45) is 0. The largest absolute Gasteiger partial charge is 0.497 e. The van der Waals surface area contributed by atoms with E-state index in [2.05, 4.69) is 0 Å². The van der Waals surface area contributed by atoms with Crippen molar-refractivity contribution in [1.29, 1.82) is 0 Å². The highest BCUT2D eigenvalue weighted by Gasteiger charge is 2.17. The molecule has 0 spiro atoms. The molecule has 0 amide bonds. The SMILES string of the molecule is CCOc1ccc(-c2nc(CSc3nc4ccccc4c(=O)n3Cc3ccc(OC)cc3)c(C)o2)cc1OC. The van der Waals surface area contributed by atoms with Crippen LogP contribution in [0.4, 0.5) is 0 Å². The molecule has 5 aromatic rings. The van der Waals surface area contributed by atoms with E-state index in [1.54, 1.807) is 18.8 Å². The third kappa shape index (κ3) is 5.63. The molecular weight excluding hydrogens is 514 g/mol. The number of rotatable bonds is 10. The molecule has 0 fully saturated rings. The van der Waals surface area contributed by atoms with Crippen molar-refractivity contribution >= 4 is 22.7 Å². The van der Waals surface area contributed by atoms with Gasteiger partial charge in [-0.3, -0.25) is 9.36 Å². The summed E-state index contributed by atoms with van der Waals surface area (Å²) >= 11 is 1.46. The van der Waals surface area contributed by atoms with E-state index < -0.39 is 0 Å². The zero-order chi connectivity index (χ0) is 27.4. The van der Waals surface area contributed by atoms with Crippen LogP contribution in [0.25, 0.3) is 22.4 Å². The Bertz CT molecular complexity index is 1660. The van der Waals surface area contributed by atoms with Gasteiger partial charge in [-0.2, -0.15) is 0 Å². The molecular formula is C30H29N3O5S. The van der Waals surface area contributed by atoms with E-state index in [0.717, 1.165) is 22.6 Å². The number of benzene rings is 3. The molecule has 8 nitrogen and oxygen atoms in total. The van der Waals surface area contributed by atoms with Crippen molar-refractivity contribution in [2.45, 2.75) is 31.3 Å². The lowest BCUT2D eigenvalue weighted by molar-refractivity contribution is 0.311. The minimum atomic E-state index is -0.0852. The van der Waals surface area contributed by atoms with Gasteiger partial charge in [-0.1, -0.05) is 36.0 Å². The molecule has 0 saturated heterocycles. The van der Waals surface area contributed by atoms with Gasteiger partial charge in [-0.25, -0.2) is 9.97 Å². The highest BCUT2D eigenvalue weighted by Crippen LogP contribution is 2.34. The van der Waals surface area contributed by atoms with Crippen LogP contribution >= 0.6 is 11.8 Å². The van der Waals surface area contributed by atoms with Crippen LogP contribution in [0.15, 0.2) is 81.1 Å². The number of hydrogen-bond acceptors (Lipinski definition) is 8. The summed E-state index contributed by atoms with van der Waals surface area (Å²) in [6.45, 7) is 4.74. The molecule has 200 valence electrons. The zero-order valence-electron chi connectivity index (χ0n) is 22.3. The molecule has 0 bridgehead atoms. The van der Waals surface area contributed by atoms with Crippen molar-refractivity contribution in [1.82, 2.24) is 14.5 Å². The molecule has 39 heavy (non-hydrogen) atoms. The molecule has 0 saturated carbocycles. The van der Waals surface area contributed by atoms with E-state index in [4.69, 9.17) is 28.6 Å². The molecule has 0 N–H and O–H groups in total. The number of aromatic nitrogens is 3. The molecule has 0 aliphatic heterocycles. The van der Waals surface area contributed by atoms with Gasteiger partial charge in [0.15, 0.2) is 16.7 Å². The quantitative estimate of drug-likeness (QED) is 0.154. The first-order valence-corrected chi connectivity index (χ1v) is 13.5. The van der Waals surface area contributed by atoms with Gasteiger partial charge in [0, 0.05) is 11.3 Å². The Morgan fingerprint density at radius 1 is 0.949 bits per heavy atom. The molecule has 3 aromatic carbocycles. The minimum absolute atomic E-state index is 0.0852. The first kappa shape index (κ1) is 26.4. The number of methoxy groups -OCH3 is 2. The molecule has 2 aromatic heterocycles. The predicted octanol–water partition coefficient (Wildman–Crippen LogP) is 6.12. The normalized spacial score (nSPS) is 11.1. The monoisotopic (exact) mass is 543 g/mol. The third-order valence-corrected chi connectivity index (χ3v) is 7.26. The standard InChI is InChI=1S/C30H29N3O5S/c1-5-37-26-15-12-21(16-27(26)36-4)28-31-25(19(2)38-28)18-39-30-32-24-9-7-6-8-23(24)29(34)33(30)17-20-10-13-22(35-3)14-11-20/h6-16H,5,17-18H2,1-4H3. The second-order valence-corrected chi connectivity index (χ2v) is 9.70. The lowest BCUT2D eigenvalue weighted by Gasteiger charge is -2.13. The minimum Gasteiger partial charge on any atom is -0.497 e. The van der Waals surface area contributed by atoms with Gasteiger partial charge in [0.25, 0.3) is 5.56 Å². The Labute approximate surface area is 230 Å². The van der Waals surface area contributed by atoms with Crippen LogP contribution in [0.3, 0.4) is 0 Å². The van der Waals surface area contributed by atoms with E-state index in [-0.39, 0.29) is 5.56 Å². The van der Waals surface area contributed by atoms with Crippen LogP contribution < -0.4 is 19.8 Å². The Hall–Kier alpha value is -4.24. The van der Waals surface area contributed by atoms with Crippen molar-refractivity contribution in [3.63, 3.8) is 0 Å². The maximum absolute atomic E-state index is 13.5. The summed E-state index contributed by atoms with van der Waals surface area (Å²) < 4.78 is 24.1. The maximum atomic E-state index is 13.5. The van der Waals surface area contributed by atoms with Crippen LogP contribution in [0.5, 0.6) is 17.2 Å². The number of oxazole rings is 1. The van der Waals surface area contributed by atoms with Crippen molar-refractivity contribution in [3.05, 3.63) is 94.1 Å². The third-order valence-electron chi connectivity index (χ3n) is 6.27. The number of nitrogens with zero attached hydrogens (tertiary/aromatic N) is 3. The summed E-state index contributed by atoms with van der Waals surface area (Å²) in [6, 6.07) is 20.7. The average Bonchev–Trinajstić information content (AvgIpc) is 3.34. The van der Waals surface area contributed by atoms with E-state index in [1.165, 1.54) is 11.8 Å². The maximum Gasteiger partial charge on any atom is 0.262 e. The molecule has 5 rings (SSSR count). The number of para-hydroxylation sites is 1. The predicted molar refractivity (Wildman–Crippen MR) is 152 cm³/mol. The first-order valence-electron chi connectivity index (χ1n) is 12.5. The van der Waals surface area contributed by atoms with Gasteiger partial charge >= 0.3 is 0 Å². The number of aryl methyl sites for hydroxylation is 1. The Balaban J connectivity index is 1.44. The van der Waals surface area contributed by atoms with Crippen LogP contribution in [0.2, 0.25) is 0 Å². The summed E-state index contributed by atoms with van der Waals surface area (Å²) in [5, 5.41) is 1.20. The Morgan fingerprint density at radius 3 is 2.49 bits per heavy atom. The van der Waals surface area contributed by atoms with E-state index in [0.29, 0.717) is 58.1 Å². The number of thioether (sulfide) groups is 1. The van der Waals surface area contributed by atoms with Gasteiger partial charge < -0.3 is 18.6 Å². The summed E-state index contributed by atoms with van der Waals surface area (Å²) in [5.41, 5.74) is 3.12. The lowest BCUT2D eigenvalue weighted by atomic mass is 10.2. The fourth-order valence-electron chi connectivity index (χ4n) is 4.20. The van der Waals surface area contributed by atoms with Crippen molar-refractivity contribution in [3.8, 4) is 28.7 Å². The lowest BCUT2D eigenvalue weighted by Crippen LogP contribution is -2.24. The first-order chi connectivity index (χ1) is 19.0. The topological polar surface area (TPSA) is 88.6 Å². The number of ether oxygens (including phenoxy) is 3.